The maximum absolute atomic E-state index is 12.5. The van der Waals surface area contributed by atoms with E-state index in [1.54, 1.807) is 7.11 Å². The summed E-state index contributed by atoms with van der Waals surface area (Å²) in [6.45, 7) is 7.19. The van der Waals surface area contributed by atoms with Crippen molar-refractivity contribution < 1.29 is 14.3 Å². The molecule has 5 heteroatoms. The monoisotopic (exact) mass is 332 g/mol. The second kappa shape index (κ2) is 8.73. The normalized spacial score (nSPS) is 20.5. The molecule has 1 aromatic carbocycles. The number of ether oxygens (including phenoxy) is 2. The summed E-state index contributed by atoms with van der Waals surface area (Å²) in [4.78, 5) is 14.4. The molecular weight excluding hydrogens is 304 g/mol. The Labute approximate surface area is 144 Å². The zero-order chi connectivity index (χ0) is 17.5. The summed E-state index contributed by atoms with van der Waals surface area (Å²) >= 11 is 0. The van der Waals surface area contributed by atoms with E-state index in [2.05, 4.69) is 13.5 Å². The topological polar surface area (TPSA) is 64.8 Å². The van der Waals surface area contributed by atoms with Gasteiger partial charge in [-0.05, 0) is 42.9 Å². The lowest BCUT2D eigenvalue weighted by Gasteiger charge is -2.37. The fourth-order valence-electron chi connectivity index (χ4n) is 3.15. The molecule has 0 aliphatic carbocycles. The molecule has 0 bridgehead atoms. The fraction of sp³-hybridized carbons (Fsp3) is 0.526. The molecule has 1 heterocycles. The SMILES string of the molecule is C=CCc1ccc(OCC(=O)N2CCC(C)CC2CN)c(OC)c1. The Hall–Kier alpha value is -2.01. The van der Waals surface area contributed by atoms with Gasteiger partial charge in [0.05, 0.1) is 7.11 Å². The van der Waals surface area contributed by atoms with E-state index in [9.17, 15) is 4.79 Å². The number of benzene rings is 1. The largest absolute Gasteiger partial charge is 0.493 e. The lowest BCUT2D eigenvalue weighted by molar-refractivity contribution is -0.137. The summed E-state index contributed by atoms with van der Waals surface area (Å²) in [5.41, 5.74) is 6.92. The molecule has 1 aliphatic heterocycles. The third kappa shape index (κ3) is 4.51. The van der Waals surface area contributed by atoms with Crippen LogP contribution in [-0.4, -0.2) is 43.7 Å². The summed E-state index contributed by atoms with van der Waals surface area (Å²) in [6, 6.07) is 5.81. The van der Waals surface area contributed by atoms with Crippen molar-refractivity contribution in [2.75, 3.05) is 26.8 Å². The van der Waals surface area contributed by atoms with Gasteiger partial charge in [-0.1, -0.05) is 19.1 Å². The van der Waals surface area contributed by atoms with E-state index in [0.717, 1.165) is 31.4 Å². The van der Waals surface area contributed by atoms with E-state index < -0.39 is 0 Å². The average Bonchev–Trinajstić information content (AvgIpc) is 2.60. The number of hydrogen-bond donors (Lipinski definition) is 1. The summed E-state index contributed by atoms with van der Waals surface area (Å²) in [7, 11) is 1.60. The molecule has 1 saturated heterocycles. The van der Waals surface area contributed by atoms with Crippen LogP contribution in [0, 0.1) is 5.92 Å². The molecule has 0 radical (unpaired) electrons. The van der Waals surface area contributed by atoms with Gasteiger partial charge < -0.3 is 20.1 Å². The van der Waals surface area contributed by atoms with Crippen LogP contribution >= 0.6 is 0 Å². The first kappa shape index (κ1) is 18.3. The van der Waals surface area contributed by atoms with Crippen molar-refractivity contribution >= 4 is 5.91 Å². The standard InChI is InChI=1S/C19H28N2O3/c1-4-5-15-6-7-17(18(11-15)23-3)24-13-19(22)21-9-8-14(2)10-16(21)12-20/h4,6-7,11,14,16H,1,5,8-10,12-13,20H2,2-3H3. The quantitative estimate of drug-likeness (QED) is 0.779. The first-order valence-corrected chi connectivity index (χ1v) is 8.49. The highest BCUT2D eigenvalue weighted by atomic mass is 16.5. The number of likely N-dealkylation sites (tertiary alicyclic amines) is 1. The van der Waals surface area contributed by atoms with Gasteiger partial charge in [-0.25, -0.2) is 0 Å². The number of amides is 1. The van der Waals surface area contributed by atoms with E-state index in [4.69, 9.17) is 15.2 Å². The molecule has 0 spiro atoms. The summed E-state index contributed by atoms with van der Waals surface area (Å²) in [5, 5.41) is 0. The number of carbonyl (C=O) groups is 1. The van der Waals surface area contributed by atoms with E-state index in [1.165, 1.54) is 0 Å². The Balaban J connectivity index is 1.99. The third-order valence-corrected chi connectivity index (χ3v) is 4.53. The molecule has 0 aromatic heterocycles. The predicted molar refractivity (Wildman–Crippen MR) is 95.3 cm³/mol. The van der Waals surface area contributed by atoms with Crippen LogP contribution in [0.1, 0.15) is 25.3 Å². The van der Waals surface area contributed by atoms with E-state index in [1.807, 2.05) is 29.2 Å². The molecule has 2 atom stereocenters. The maximum atomic E-state index is 12.5. The molecule has 1 amide bonds. The highest BCUT2D eigenvalue weighted by molar-refractivity contribution is 5.78. The smallest absolute Gasteiger partial charge is 0.260 e. The molecule has 1 aromatic rings. The van der Waals surface area contributed by atoms with Crippen molar-refractivity contribution in [3.05, 3.63) is 36.4 Å². The van der Waals surface area contributed by atoms with Gasteiger partial charge in [-0.2, -0.15) is 0 Å². The van der Waals surface area contributed by atoms with Crippen LogP contribution in [0.2, 0.25) is 0 Å². The van der Waals surface area contributed by atoms with Crippen molar-refractivity contribution in [2.24, 2.45) is 11.7 Å². The minimum atomic E-state index is -0.0189. The number of carbonyl (C=O) groups excluding carboxylic acids is 1. The van der Waals surface area contributed by atoms with Crippen LogP contribution in [0.4, 0.5) is 0 Å². The second-order valence-corrected chi connectivity index (χ2v) is 6.37. The van der Waals surface area contributed by atoms with Crippen molar-refractivity contribution in [2.45, 2.75) is 32.2 Å². The van der Waals surface area contributed by atoms with E-state index in [-0.39, 0.29) is 18.6 Å². The second-order valence-electron chi connectivity index (χ2n) is 6.37. The summed E-state index contributed by atoms with van der Waals surface area (Å²) in [5.74, 6) is 1.80. The third-order valence-electron chi connectivity index (χ3n) is 4.53. The number of nitrogens with zero attached hydrogens (tertiary/aromatic N) is 1. The van der Waals surface area contributed by atoms with E-state index >= 15 is 0 Å². The summed E-state index contributed by atoms with van der Waals surface area (Å²) in [6.07, 6.45) is 4.58. The number of methoxy groups -OCH3 is 1. The average molecular weight is 332 g/mol. The van der Waals surface area contributed by atoms with Gasteiger partial charge in [-0.15, -0.1) is 6.58 Å². The fourth-order valence-corrected chi connectivity index (χ4v) is 3.15. The molecule has 0 saturated carbocycles. The van der Waals surface area contributed by atoms with Crippen molar-refractivity contribution in [1.29, 1.82) is 0 Å². The highest BCUT2D eigenvalue weighted by Gasteiger charge is 2.29. The highest BCUT2D eigenvalue weighted by Crippen LogP contribution is 2.29. The number of rotatable bonds is 7. The minimum absolute atomic E-state index is 0.00203. The predicted octanol–water partition coefficient (Wildman–Crippen LogP) is 2.39. The zero-order valence-electron chi connectivity index (χ0n) is 14.7. The van der Waals surface area contributed by atoms with Crippen LogP contribution in [0.15, 0.2) is 30.9 Å². The van der Waals surface area contributed by atoms with Crippen LogP contribution in [0.5, 0.6) is 11.5 Å². The number of nitrogens with two attached hydrogens (primary N) is 1. The van der Waals surface area contributed by atoms with Gasteiger partial charge in [-0.3, -0.25) is 4.79 Å². The minimum Gasteiger partial charge on any atom is -0.493 e. The summed E-state index contributed by atoms with van der Waals surface area (Å²) < 4.78 is 11.1. The van der Waals surface area contributed by atoms with Crippen molar-refractivity contribution in [3.8, 4) is 11.5 Å². The zero-order valence-corrected chi connectivity index (χ0v) is 14.7. The molecular formula is C19H28N2O3. The Morgan fingerprint density at radius 3 is 2.92 bits per heavy atom. The molecule has 132 valence electrons. The lowest BCUT2D eigenvalue weighted by Crippen LogP contribution is -2.50. The molecule has 2 unspecified atom stereocenters. The van der Waals surface area contributed by atoms with Gasteiger partial charge >= 0.3 is 0 Å². The molecule has 1 aliphatic rings. The lowest BCUT2D eigenvalue weighted by atomic mass is 9.92. The van der Waals surface area contributed by atoms with Gasteiger partial charge in [0.2, 0.25) is 0 Å². The van der Waals surface area contributed by atoms with Gasteiger partial charge in [0.1, 0.15) is 0 Å². The van der Waals surface area contributed by atoms with Crippen LogP contribution in [0.25, 0.3) is 0 Å². The molecule has 1 fully saturated rings. The van der Waals surface area contributed by atoms with Gasteiger partial charge in [0, 0.05) is 19.1 Å². The van der Waals surface area contributed by atoms with Crippen molar-refractivity contribution in [3.63, 3.8) is 0 Å². The van der Waals surface area contributed by atoms with Crippen LogP contribution in [-0.2, 0) is 11.2 Å². The van der Waals surface area contributed by atoms with Gasteiger partial charge in [0.25, 0.3) is 5.91 Å². The Bertz CT molecular complexity index is 574. The molecule has 5 nitrogen and oxygen atoms in total. The molecule has 2 rings (SSSR count). The number of piperidine rings is 1. The Morgan fingerprint density at radius 1 is 1.46 bits per heavy atom. The number of allylic oxidation sites excluding steroid dienone is 1. The Morgan fingerprint density at radius 2 is 2.25 bits per heavy atom. The first-order chi connectivity index (χ1) is 11.6. The van der Waals surface area contributed by atoms with E-state index in [0.29, 0.717) is 24.0 Å². The maximum Gasteiger partial charge on any atom is 0.260 e. The molecule has 24 heavy (non-hydrogen) atoms. The van der Waals surface area contributed by atoms with Crippen molar-refractivity contribution in [1.82, 2.24) is 4.90 Å². The first-order valence-electron chi connectivity index (χ1n) is 8.49. The number of hydrogen-bond acceptors (Lipinski definition) is 4. The van der Waals surface area contributed by atoms with Crippen LogP contribution in [0.3, 0.4) is 0 Å². The Kier molecular flexibility index (Phi) is 6.67. The van der Waals surface area contributed by atoms with Crippen LogP contribution < -0.4 is 15.2 Å². The van der Waals surface area contributed by atoms with Gasteiger partial charge in [0.15, 0.2) is 18.1 Å². The molecule has 2 N–H and O–H groups in total.